The third-order valence-corrected chi connectivity index (χ3v) is 3.09. The smallest absolute Gasteiger partial charge is 0.249 e. The Kier molecular flexibility index (Phi) is 2.62. The topological polar surface area (TPSA) is 32.3 Å². The van der Waals surface area contributed by atoms with Gasteiger partial charge in [-0.2, -0.15) is 0 Å². The largest absolute Gasteiger partial charge is 0.372 e. The molecule has 0 saturated carbocycles. The van der Waals surface area contributed by atoms with E-state index in [1.807, 2.05) is 26.1 Å². The van der Waals surface area contributed by atoms with Crippen LogP contribution in [0.15, 0.2) is 18.2 Å². The Labute approximate surface area is 96.5 Å². The highest BCUT2D eigenvalue weighted by molar-refractivity contribution is 6.04. The predicted molar refractivity (Wildman–Crippen MR) is 66.8 cm³/mol. The van der Waals surface area contributed by atoms with Gasteiger partial charge in [0.25, 0.3) is 0 Å². The molecular weight excluding hydrogens is 200 g/mol. The van der Waals surface area contributed by atoms with Crippen molar-refractivity contribution in [2.75, 3.05) is 17.3 Å². The lowest BCUT2D eigenvalue weighted by Crippen LogP contribution is -2.47. The maximum Gasteiger partial charge on any atom is 0.249 e. The number of carbonyl (C=O) groups excluding carboxylic acids is 1. The molecule has 16 heavy (non-hydrogen) atoms. The second-order valence-electron chi connectivity index (χ2n) is 4.78. The van der Waals surface area contributed by atoms with Gasteiger partial charge in [0.2, 0.25) is 5.91 Å². The first-order chi connectivity index (χ1) is 7.50. The second kappa shape index (κ2) is 3.81. The van der Waals surface area contributed by atoms with Gasteiger partial charge in [-0.25, -0.2) is 0 Å². The summed E-state index contributed by atoms with van der Waals surface area (Å²) < 4.78 is 0. The van der Waals surface area contributed by atoms with E-state index in [0.29, 0.717) is 5.92 Å². The predicted octanol–water partition coefficient (Wildman–Crippen LogP) is 2.41. The van der Waals surface area contributed by atoms with Crippen molar-refractivity contribution in [1.82, 2.24) is 0 Å². The van der Waals surface area contributed by atoms with E-state index in [-0.39, 0.29) is 11.9 Å². The van der Waals surface area contributed by atoms with Gasteiger partial charge in [0, 0.05) is 7.05 Å². The number of likely N-dealkylation sites (N-methyl/N-ethyl adjacent to an activating group) is 1. The Hall–Kier alpha value is -1.51. The molecule has 1 amide bonds. The first-order valence-corrected chi connectivity index (χ1v) is 5.65. The van der Waals surface area contributed by atoms with E-state index >= 15 is 0 Å². The van der Waals surface area contributed by atoms with Crippen LogP contribution in [0, 0.1) is 12.8 Å². The van der Waals surface area contributed by atoms with Crippen LogP contribution >= 0.6 is 0 Å². The first-order valence-electron chi connectivity index (χ1n) is 5.65. The van der Waals surface area contributed by atoms with E-state index in [4.69, 9.17) is 0 Å². The SMILES string of the molecule is Cc1ccc2c(c1)N(C)C(=O)C(C(C)C)N2. The van der Waals surface area contributed by atoms with Gasteiger partial charge >= 0.3 is 0 Å². The fourth-order valence-electron chi connectivity index (χ4n) is 2.05. The minimum atomic E-state index is -0.111. The van der Waals surface area contributed by atoms with Crippen LogP contribution in [0.1, 0.15) is 19.4 Å². The van der Waals surface area contributed by atoms with Gasteiger partial charge in [-0.15, -0.1) is 0 Å². The Bertz CT molecular complexity index is 426. The highest BCUT2D eigenvalue weighted by atomic mass is 16.2. The summed E-state index contributed by atoms with van der Waals surface area (Å²) in [5.41, 5.74) is 3.19. The third kappa shape index (κ3) is 1.66. The Morgan fingerprint density at radius 1 is 1.38 bits per heavy atom. The minimum absolute atomic E-state index is 0.111. The van der Waals surface area contributed by atoms with Crippen LogP contribution in [-0.4, -0.2) is 19.0 Å². The normalized spacial score (nSPS) is 19.7. The third-order valence-electron chi connectivity index (χ3n) is 3.09. The molecule has 1 N–H and O–H groups in total. The van der Waals surface area contributed by atoms with Gasteiger partial charge in [-0.05, 0) is 30.5 Å². The van der Waals surface area contributed by atoms with Crippen LogP contribution in [0.5, 0.6) is 0 Å². The van der Waals surface area contributed by atoms with Crippen LogP contribution in [-0.2, 0) is 4.79 Å². The molecule has 1 heterocycles. The van der Waals surface area contributed by atoms with Crippen molar-refractivity contribution < 1.29 is 4.79 Å². The number of benzene rings is 1. The van der Waals surface area contributed by atoms with Crippen molar-refractivity contribution in [2.45, 2.75) is 26.8 Å². The molecule has 1 unspecified atom stereocenters. The van der Waals surface area contributed by atoms with Gasteiger partial charge in [0.05, 0.1) is 11.4 Å². The number of anilines is 2. The lowest BCUT2D eigenvalue weighted by Gasteiger charge is -2.35. The molecule has 0 fully saturated rings. The van der Waals surface area contributed by atoms with Gasteiger partial charge in [0.1, 0.15) is 6.04 Å². The summed E-state index contributed by atoms with van der Waals surface area (Å²) in [6, 6.07) is 6.03. The average molecular weight is 218 g/mol. The molecule has 3 heteroatoms. The number of fused-ring (bicyclic) bond motifs is 1. The summed E-state index contributed by atoms with van der Waals surface area (Å²) in [5.74, 6) is 0.442. The number of amides is 1. The zero-order valence-corrected chi connectivity index (χ0v) is 10.2. The minimum Gasteiger partial charge on any atom is -0.372 e. The van der Waals surface area contributed by atoms with Crippen molar-refractivity contribution in [2.24, 2.45) is 5.92 Å². The number of carbonyl (C=O) groups is 1. The average Bonchev–Trinajstić information content (AvgIpc) is 2.23. The van der Waals surface area contributed by atoms with Crippen LogP contribution < -0.4 is 10.2 Å². The molecule has 2 rings (SSSR count). The summed E-state index contributed by atoms with van der Waals surface area (Å²) in [7, 11) is 1.84. The maximum absolute atomic E-state index is 12.1. The molecule has 0 aromatic heterocycles. The van der Waals surface area contributed by atoms with Crippen LogP contribution in [0.3, 0.4) is 0 Å². The summed E-state index contributed by atoms with van der Waals surface area (Å²) >= 11 is 0. The molecule has 0 spiro atoms. The van der Waals surface area contributed by atoms with Gasteiger partial charge < -0.3 is 10.2 Å². The summed E-state index contributed by atoms with van der Waals surface area (Å²) in [4.78, 5) is 13.9. The Balaban J connectivity index is 2.44. The zero-order chi connectivity index (χ0) is 11.9. The fraction of sp³-hybridized carbons (Fsp3) is 0.462. The molecule has 1 aromatic carbocycles. The van der Waals surface area contributed by atoms with E-state index in [0.717, 1.165) is 11.4 Å². The molecule has 0 aliphatic carbocycles. The number of aryl methyl sites for hydroxylation is 1. The Morgan fingerprint density at radius 3 is 2.69 bits per heavy atom. The highest BCUT2D eigenvalue weighted by Gasteiger charge is 2.31. The number of rotatable bonds is 1. The lowest BCUT2D eigenvalue weighted by atomic mass is 9.99. The first kappa shape index (κ1) is 11.0. The molecule has 0 bridgehead atoms. The number of nitrogens with zero attached hydrogens (tertiary/aromatic N) is 1. The molecule has 1 aliphatic rings. The summed E-state index contributed by atoms with van der Waals surface area (Å²) in [6.07, 6.45) is 0. The lowest BCUT2D eigenvalue weighted by molar-refractivity contribution is -0.120. The van der Waals surface area contributed by atoms with Gasteiger partial charge in [-0.3, -0.25) is 4.79 Å². The van der Waals surface area contributed by atoms with E-state index < -0.39 is 0 Å². The van der Waals surface area contributed by atoms with Crippen molar-refractivity contribution >= 4 is 17.3 Å². The summed E-state index contributed by atoms with van der Waals surface area (Å²) in [6.45, 7) is 6.15. The summed E-state index contributed by atoms with van der Waals surface area (Å²) in [5, 5.41) is 3.31. The van der Waals surface area contributed by atoms with E-state index in [1.54, 1.807) is 4.90 Å². The van der Waals surface area contributed by atoms with Crippen LogP contribution in [0.2, 0.25) is 0 Å². The van der Waals surface area contributed by atoms with Crippen LogP contribution in [0.25, 0.3) is 0 Å². The molecular formula is C13H18N2O. The second-order valence-corrected chi connectivity index (χ2v) is 4.78. The monoisotopic (exact) mass is 218 g/mol. The van der Waals surface area contributed by atoms with Gasteiger partial charge in [0.15, 0.2) is 0 Å². The molecule has 1 atom stereocenters. The van der Waals surface area contributed by atoms with Gasteiger partial charge in [-0.1, -0.05) is 19.9 Å². The zero-order valence-electron chi connectivity index (χ0n) is 10.2. The standard InChI is InChI=1S/C13H18N2O/c1-8(2)12-13(16)15(4)11-7-9(3)5-6-10(11)14-12/h5-8,12,14H,1-4H3. The molecule has 0 saturated heterocycles. The molecule has 1 aliphatic heterocycles. The molecule has 0 radical (unpaired) electrons. The fourth-order valence-corrected chi connectivity index (χ4v) is 2.05. The van der Waals surface area contributed by atoms with Crippen LogP contribution in [0.4, 0.5) is 11.4 Å². The number of hydrogen-bond acceptors (Lipinski definition) is 2. The van der Waals surface area contributed by atoms with Crippen molar-refractivity contribution in [3.05, 3.63) is 23.8 Å². The number of hydrogen-bond donors (Lipinski definition) is 1. The number of nitrogens with one attached hydrogen (secondary N) is 1. The molecule has 86 valence electrons. The molecule has 1 aromatic rings. The Morgan fingerprint density at radius 2 is 2.06 bits per heavy atom. The van der Waals surface area contributed by atoms with E-state index in [9.17, 15) is 4.79 Å². The van der Waals surface area contributed by atoms with Crippen molar-refractivity contribution in [3.8, 4) is 0 Å². The maximum atomic E-state index is 12.1. The van der Waals surface area contributed by atoms with E-state index in [1.165, 1.54) is 5.56 Å². The van der Waals surface area contributed by atoms with Crippen molar-refractivity contribution in [1.29, 1.82) is 0 Å². The van der Waals surface area contributed by atoms with E-state index in [2.05, 4.69) is 25.2 Å². The molecule has 3 nitrogen and oxygen atoms in total. The van der Waals surface area contributed by atoms with Crippen molar-refractivity contribution in [3.63, 3.8) is 0 Å². The quantitative estimate of drug-likeness (QED) is 0.785. The highest BCUT2D eigenvalue weighted by Crippen LogP contribution is 2.32.